The maximum absolute atomic E-state index is 12.5. The molecule has 1 atom stereocenters. The van der Waals surface area contributed by atoms with Gasteiger partial charge in [0.05, 0.1) is 11.5 Å². The van der Waals surface area contributed by atoms with Crippen molar-refractivity contribution in [3.8, 4) is 0 Å². The first-order valence-electron chi connectivity index (χ1n) is 8.76. The quantitative estimate of drug-likeness (QED) is 0.812. The lowest BCUT2D eigenvalue weighted by Gasteiger charge is -2.17. The molecule has 1 amide bonds. The molecule has 7 heteroatoms. The first-order valence-corrected chi connectivity index (χ1v) is 10.6. The molecule has 2 heterocycles. The minimum atomic E-state index is -2.93. The smallest absolute Gasteiger partial charge is 0.251 e. The van der Waals surface area contributed by atoms with E-state index in [1.165, 1.54) is 25.7 Å². The summed E-state index contributed by atoms with van der Waals surface area (Å²) in [6.07, 6.45) is 9.11. The van der Waals surface area contributed by atoms with Gasteiger partial charge in [-0.1, -0.05) is 25.7 Å². The number of nitrogens with zero attached hydrogens (tertiary/aromatic N) is 1. The second kappa shape index (κ2) is 7.51. The summed E-state index contributed by atoms with van der Waals surface area (Å²) >= 11 is 0. The molecule has 2 aliphatic rings. The number of sulfone groups is 1. The Morgan fingerprint density at radius 3 is 2.50 bits per heavy atom. The number of rotatable bonds is 4. The molecule has 1 aliphatic carbocycles. The molecule has 0 spiro atoms. The number of hydrogen-bond acceptors (Lipinski definition) is 5. The van der Waals surface area contributed by atoms with Crippen LogP contribution in [0.5, 0.6) is 0 Å². The number of hydrogen-bond donors (Lipinski definition) is 2. The number of aromatic nitrogens is 1. The standard InChI is InChI=1S/C17H25N3O3S/c21-17(20-14-5-3-1-2-4-6-14)13-7-9-18-16(11-13)19-15-8-10-24(22,23)12-15/h7,9,11,14-15H,1-6,8,10,12H2,(H,18,19)(H,20,21). The van der Waals surface area contributed by atoms with Crippen LogP contribution in [-0.4, -0.2) is 42.9 Å². The van der Waals surface area contributed by atoms with Crippen LogP contribution in [0.15, 0.2) is 18.3 Å². The van der Waals surface area contributed by atoms with Crippen molar-refractivity contribution < 1.29 is 13.2 Å². The molecule has 1 aliphatic heterocycles. The fourth-order valence-corrected chi connectivity index (χ4v) is 5.13. The van der Waals surface area contributed by atoms with E-state index in [-0.39, 0.29) is 29.5 Å². The summed E-state index contributed by atoms with van der Waals surface area (Å²) < 4.78 is 23.1. The first-order chi connectivity index (χ1) is 11.5. The average molecular weight is 351 g/mol. The van der Waals surface area contributed by atoms with Crippen molar-refractivity contribution in [3.63, 3.8) is 0 Å². The van der Waals surface area contributed by atoms with Crippen LogP contribution in [0.3, 0.4) is 0 Å². The fraction of sp³-hybridized carbons (Fsp3) is 0.647. The first kappa shape index (κ1) is 17.2. The molecular weight excluding hydrogens is 326 g/mol. The molecule has 0 aromatic carbocycles. The monoisotopic (exact) mass is 351 g/mol. The lowest BCUT2D eigenvalue weighted by Crippen LogP contribution is -2.34. The van der Waals surface area contributed by atoms with Crippen molar-refractivity contribution in [1.29, 1.82) is 0 Å². The van der Waals surface area contributed by atoms with Gasteiger partial charge in [-0.15, -0.1) is 0 Å². The zero-order valence-corrected chi connectivity index (χ0v) is 14.6. The van der Waals surface area contributed by atoms with Crippen molar-refractivity contribution in [1.82, 2.24) is 10.3 Å². The van der Waals surface area contributed by atoms with Crippen LogP contribution in [0.4, 0.5) is 5.82 Å². The highest BCUT2D eigenvalue weighted by atomic mass is 32.2. The Morgan fingerprint density at radius 2 is 1.83 bits per heavy atom. The summed E-state index contributed by atoms with van der Waals surface area (Å²) in [4.78, 5) is 16.7. The summed E-state index contributed by atoms with van der Waals surface area (Å²) in [6.45, 7) is 0. The van der Waals surface area contributed by atoms with Crippen LogP contribution in [0.25, 0.3) is 0 Å². The number of pyridine rings is 1. The Balaban J connectivity index is 1.60. The van der Waals surface area contributed by atoms with Crippen molar-refractivity contribution in [2.24, 2.45) is 0 Å². The minimum Gasteiger partial charge on any atom is -0.366 e. The van der Waals surface area contributed by atoms with Crippen LogP contribution < -0.4 is 10.6 Å². The van der Waals surface area contributed by atoms with E-state index in [0.717, 1.165) is 12.8 Å². The molecule has 1 saturated carbocycles. The van der Waals surface area contributed by atoms with Gasteiger partial charge < -0.3 is 10.6 Å². The molecule has 3 rings (SSSR count). The van der Waals surface area contributed by atoms with E-state index < -0.39 is 9.84 Å². The fourth-order valence-electron chi connectivity index (χ4n) is 3.46. The second-order valence-electron chi connectivity index (χ2n) is 6.84. The maximum Gasteiger partial charge on any atom is 0.251 e. The van der Waals surface area contributed by atoms with Crippen LogP contribution in [0.1, 0.15) is 55.3 Å². The summed E-state index contributed by atoms with van der Waals surface area (Å²) in [5, 5.41) is 6.25. The minimum absolute atomic E-state index is 0.0774. The highest BCUT2D eigenvalue weighted by Crippen LogP contribution is 2.19. The van der Waals surface area contributed by atoms with Crippen LogP contribution in [-0.2, 0) is 9.84 Å². The number of carbonyl (C=O) groups excluding carboxylic acids is 1. The molecule has 2 N–H and O–H groups in total. The zero-order valence-electron chi connectivity index (χ0n) is 13.8. The van der Waals surface area contributed by atoms with Crippen LogP contribution >= 0.6 is 0 Å². The Morgan fingerprint density at radius 1 is 1.08 bits per heavy atom. The molecule has 0 radical (unpaired) electrons. The average Bonchev–Trinajstić information content (AvgIpc) is 2.75. The van der Waals surface area contributed by atoms with Gasteiger partial charge in [0.25, 0.3) is 5.91 Å². The molecule has 1 aromatic rings. The Bertz CT molecular complexity index is 682. The lowest BCUT2D eigenvalue weighted by molar-refractivity contribution is 0.0933. The third kappa shape index (κ3) is 4.69. The number of nitrogens with one attached hydrogen (secondary N) is 2. The van der Waals surface area contributed by atoms with Gasteiger partial charge in [-0.25, -0.2) is 13.4 Å². The Hall–Kier alpha value is -1.63. The molecule has 1 unspecified atom stereocenters. The topological polar surface area (TPSA) is 88.2 Å². The molecule has 1 aromatic heterocycles. The molecule has 6 nitrogen and oxygen atoms in total. The van der Waals surface area contributed by atoms with E-state index in [9.17, 15) is 13.2 Å². The van der Waals surface area contributed by atoms with E-state index in [1.54, 1.807) is 18.3 Å². The third-order valence-electron chi connectivity index (χ3n) is 4.80. The predicted molar refractivity (Wildman–Crippen MR) is 93.9 cm³/mol. The van der Waals surface area contributed by atoms with Gasteiger partial charge in [0, 0.05) is 23.8 Å². The van der Waals surface area contributed by atoms with E-state index in [1.807, 2.05) is 0 Å². The summed E-state index contributed by atoms with van der Waals surface area (Å²) in [5.41, 5.74) is 0.567. The van der Waals surface area contributed by atoms with Gasteiger partial charge >= 0.3 is 0 Å². The number of amides is 1. The number of carbonyl (C=O) groups is 1. The summed E-state index contributed by atoms with van der Waals surface area (Å²) in [5.74, 6) is 0.830. The Kier molecular flexibility index (Phi) is 5.38. The van der Waals surface area contributed by atoms with E-state index >= 15 is 0 Å². The molecule has 1 saturated heterocycles. The van der Waals surface area contributed by atoms with Crippen molar-refractivity contribution >= 4 is 21.6 Å². The lowest BCUT2D eigenvalue weighted by atomic mass is 10.1. The van der Waals surface area contributed by atoms with Gasteiger partial charge in [0.2, 0.25) is 0 Å². The highest BCUT2D eigenvalue weighted by Gasteiger charge is 2.28. The second-order valence-corrected chi connectivity index (χ2v) is 9.06. The SMILES string of the molecule is O=C(NC1CCCCCC1)c1ccnc(NC2CCS(=O)(=O)C2)c1. The number of anilines is 1. The summed E-state index contributed by atoms with van der Waals surface area (Å²) in [7, 11) is -2.93. The van der Waals surface area contributed by atoms with Crippen molar-refractivity contribution in [2.45, 2.75) is 57.0 Å². The molecular formula is C17H25N3O3S. The van der Waals surface area contributed by atoms with Gasteiger partial charge in [0.15, 0.2) is 9.84 Å². The van der Waals surface area contributed by atoms with Gasteiger partial charge in [-0.3, -0.25) is 4.79 Å². The normalized spacial score (nSPS) is 24.2. The van der Waals surface area contributed by atoms with Gasteiger partial charge in [0.1, 0.15) is 5.82 Å². The largest absolute Gasteiger partial charge is 0.366 e. The van der Waals surface area contributed by atoms with E-state index in [2.05, 4.69) is 15.6 Å². The van der Waals surface area contributed by atoms with Gasteiger partial charge in [-0.05, 0) is 31.4 Å². The summed E-state index contributed by atoms with van der Waals surface area (Å²) in [6, 6.07) is 3.53. The van der Waals surface area contributed by atoms with Crippen molar-refractivity contribution in [2.75, 3.05) is 16.8 Å². The highest BCUT2D eigenvalue weighted by molar-refractivity contribution is 7.91. The Labute approximate surface area is 143 Å². The molecule has 24 heavy (non-hydrogen) atoms. The van der Waals surface area contributed by atoms with Crippen molar-refractivity contribution in [3.05, 3.63) is 23.9 Å². The van der Waals surface area contributed by atoms with E-state index in [0.29, 0.717) is 17.8 Å². The third-order valence-corrected chi connectivity index (χ3v) is 6.56. The molecule has 2 fully saturated rings. The van der Waals surface area contributed by atoms with Crippen LogP contribution in [0.2, 0.25) is 0 Å². The molecule has 0 bridgehead atoms. The zero-order chi connectivity index (χ0) is 17.0. The molecule has 132 valence electrons. The predicted octanol–water partition coefficient (Wildman–Crippen LogP) is 2.13. The van der Waals surface area contributed by atoms with E-state index in [4.69, 9.17) is 0 Å². The maximum atomic E-state index is 12.5. The van der Waals surface area contributed by atoms with Crippen LogP contribution in [0, 0.1) is 0 Å². The van der Waals surface area contributed by atoms with Gasteiger partial charge in [-0.2, -0.15) is 0 Å².